The van der Waals surface area contributed by atoms with E-state index in [1.165, 1.54) is 24.8 Å². The molecule has 1 aliphatic carbocycles. The first kappa shape index (κ1) is 11.2. The van der Waals surface area contributed by atoms with Gasteiger partial charge in [0.25, 0.3) is 0 Å². The van der Waals surface area contributed by atoms with Gasteiger partial charge in [0, 0.05) is 12.6 Å². The Morgan fingerprint density at radius 2 is 2.40 bits per heavy atom. The Morgan fingerprint density at radius 1 is 1.53 bits per heavy atom. The molecule has 0 aromatic carbocycles. The summed E-state index contributed by atoms with van der Waals surface area (Å²) in [6.07, 6.45) is 4.19. The highest BCUT2D eigenvalue weighted by Gasteiger charge is 2.23. The van der Waals surface area contributed by atoms with Gasteiger partial charge < -0.3 is 5.32 Å². The van der Waals surface area contributed by atoms with E-state index in [9.17, 15) is 0 Å². The van der Waals surface area contributed by atoms with Gasteiger partial charge in [0.05, 0.1) is 0 Å². The van der Waals surface area contributed by atoms with Gasteiger partial charge >= 0.3 is 0 Å². The molecule has 1 aromatic heterocycles. The maximum atomic E-state index is 3.72. The van der Waals surface area contributed by atoms with Gasteiger partial charge in [-0.25, -0.2) is 0 Å². The SMILES string of the molecule is CC(CNC1CCCC1C)c1ccsc1. The second-order valence-corrected chi connectivity index (χ2v) is 5.66. The largest absolute Gasteiger partial charge is 0.313 e. The van der Waals surface area contributed by atoms with Crippen LogP contribution in [0.15, 0.2) is 16.8 Å². The molecule has 1 saturated carbocycles. The lowest BCUT2D eigenvalue weighted by atomic mass is 10.0. The molecule has 0 bridgehead atoms. The fourth-order valence-corrected chi connectivity index (χ4v) is 3.23. The van der Waals surface area contributed by atoms with Gasteiger partial charge in [-0.1, -0.05) is 20.3 Å². The predicted molar refractivity (Wildman–Crippen MR) is 67.5 cm³/mol. The molecule has 84 valence electrons. The summed E-state index contributed by atoms with van der Waals surface area (Å²) < 4.78 is 0. The molecule has 2 rings (SSSR count). The Morgan fingerprint density at radius 3 is 3.00 bits per heavy atom. The van der Waals surface area contributed by atoms with Crippen molar-refractivity contribution in [1.82, 2.24) is 5.32 Å². The van der Waals surface area contributed by atoms with Gasteiger partial charge in [0.15, 0.2) is 0 Å². The minimum absolute atomic E-state index is 0.657. The van der Waals surface area contributed by atoms with Crippen LogP contribution in [-0.4, -0.2) is 12.6 Å². The molecule has 0 spiro atoms. The molecule has 0 aliphatic heterocycles. The highest BCUT2D eigenvalue weighted by atomic mass is 32.1. The molecular weight excluding hydrogens is 202 g/mol. The van der Waals surface area contributed by atoms with Gasteiger partial charge in [-0.15, -0.1) is 0 Å². The lowest BCUT2D eigenvalue weighted by molar-refractivity contribution is 0.417. The molecule has 1 heterocycles. The second-order valence-electron chi connectivity index (χ2n) is 4.88. The van der Waals surface area contributed by atoms with Crippen LogP contribution in [0.3, 0.4) is 0 Å². The van der Waals surface area contributed by atoms with E-state index >= 15 is 0 Å². The minimum atomic E-state index is 0.657. The Kier molecular flexibility index (Phi) is 3.81. The van der Waals surface area contributed by atoms with E-state index in [-0.39, 0.29) is 0 Å². The maximum absolute atomic E-state index is 3.72. The third-order valence-electron chi connectivity index (χ3n) is 3.66. The Labute approximate surface area is 96.9 Å². The van der Waals surface area contributed by atoms with Crippen LogP contribution in [0.2, 0.25) is 0 Å². The van der Waals surface area contributed by atoms with Crippen LogP contribution in [0.4, 0.5) is 0 Å². The third kappa shape index (κ3) is 2.82. The Balaban J connectivity index is 1.78. The highest BCUT2D eigenvalue weighted by molar-refractivity contribution is 7.07. The zero-order valence-corrected chi connectivity index (χ0v) is 10.5. The van der Waals surface area contributed by atoms with Gasteiger partial charge in [0.2, 0.25) is 0 Å². The molecule has 2 heteroatoms. The number of rotatable bonds is 4. The third-order valence-corrected chi connectivity index (χ3v) is 4.36. The lowest BCUT2D eigenvalue weighted by Crippen LogP contribution is -2.33. The molecule has 1 N–H and O–H groups in total. The zero-order valence-electron chi connectivity index (χ0n) is 9.70. The maximum Gasteiger partial charge on any atom is 0.00929 e. The van der Waals surface area contributed by atoms with Crippen LogP contribution in [0, 0.1) is 5.92 Å². The Bertz CT molecular complexity index is 281. The average molecular weight is 223 g/mol. The normalized spacial score (nSPS) is 28.1. The van der Waals surface area contributed by atoms with Crippen molar-refractivity contribution in [1.29, 1.82) is 0 Å². The van der Waals surface area contributed by atoms with E-state index in [1.54, 1.807) is 11.3 Å². The second kappa shape index (κ2) is 5.13. The number of hydrogen-bond donors (Lipinski definition) is 1. The van der Waals surface area contributed by atoms with Crippen molar-refractivity contribution in [3.8, 4) is 0 Å². The van der Waals surface area contributed by atoms with Crippen molar-refractivity contribution in [3.05, 3.63) is 22.4 Å². The first-order valence-electron chi connectivity index (χ1n) is 6.03. The molecule has 0 radical (unpaired) electrons. The van der Waals surface area contributed by atoms with Crippen LogP contribution < -0.4 is 5.32 Å². The fourth-order valence-electron chi connectivity index (χ4n) is 2.45. The van der Waals surface area contributed by atoms with E-state index in [0.29, 0.717) is 5.92 Å². The van der Waals surface area contributed by atoms with Gasteiger partial charge in [-0.2, -0.15) is 11.3 Å². The van der Waals surface area contributed by atoms with Crippen LogP contribution in [-0.2, 0) is 0 Å². The zero-order chi connectivity index (χ0) is 10.7. The molecule has 15 heavy (non-hydrogen) atoms. The smallest absolute Gasteiger partial charge is 0.00929 e. The Hall–Kier alpha value is -0.340. The summed E-state index contributed by atoms with van der Waals surface area (Å²) in [6, 6.07) is 3.01. The predicted octanol–water partition coefficient (Wildman–Crippen LogP) is 3.63. The van der Waals surface area contributed by atoms with E-state index in [2.05, 4.69) is 36.0 Å². The summed E-state index contributed by atoms with van der Waals surface area (Å²) in [5, 5.41) is 8.16. The van der Waals surface area contributed by atoms with Gasteiger partial charge in [-0.05, 0) is 47.1 Å². The lowest BCUT2D eigenvalue weighted by Gasteiger charge is -2.20. The molecular formula is C13H21NS. The summed E-state index contributed by atoms with van der Waals surface area (Å²) in [5.74, 6) is 1.53. The summed E-state index contributed by atoms with van der Waals surface area (Å²) in [7, 11) is 0. The molecule has 3 unspecified atom stereocenters. The first-order chi connectivity index (χ1) is 7.27. The van der Waals surface area contributed by atoms with Crippen LogP contribution >= 0.6 is 11.3 Å². The van der Waals surface area contributed by atoms with Crippen molar-refractivity contribution in [2.24, 2.45) is 5.92 Å². The first-order valence-corrected chi connectivity index (χ1v) is 6.97. The summed E-state index contributed by atoms with van der Waals surface area (Å²) in [4.78, 5) is 0. The van der Waals surface area contributed by atoms with E-state index in [0.717, 1.165) is 18.5 Å². The van der Waals surface area contributed by atoms with Crippen molar-refractivity contribution in [2.45, 2.75) is 45.1 Å². The molecule has 0 amide bonds. The van der Waals surface area contributed by atoms with Crippen LogP contribution in [0.5, 0.6) is 0 Å². The average Bonchev–Trinajstić information content (AvgIpc) is 2.85. The van der Waals surface area contributed by atoms with Crippen molar-refractivity contribution < 1.29 is 0 Å². The summed E-state index contributed by atoms with van der Waals surface area (Å²) >= 11 is 1.80. The van der Waals surface area contributed by atoms with E-state index in [1.807, 2.05) is 0 Å². The van der Waals surface area contributed by atoms with E-state index < -0.39 is 0 Å². The molecule has 1 aliphatic rings. The van der Waals surface area contributed by atoms with Crippen molar-refractivity contribution in [2.75, 3.05) is 6.54 Å². The number of nitrogens with one attached hydrogen (secondary N) is 1. The van der Waals surface area contributed by atoms with E-state index in [4.69, 9.17) is 0 Å². The molecule has 1 nitrogen and oxygen atoms in total. The molecule has 1 fully saturated rings. The topological polar surface area (TPSA) is 12.0 Å². The van der Waals surface area contributed by atoms with Crippen molar-refractivity contribution in [3.63, 3.8) is 0 Å². The molecule has 3 atom stereocenters. The molecule has 0 saturated heterocycles. The molecule has 1 aromatic rings. The quantitative estimate of drug-likeness (QED) is 0.822. The number of thiophene rings is 1. The number of hydrogen-bond acceptors (Lipinski definition) is 2. The van der Waals surface area contributed by atoms with Gasteiger partial charge in [0.1, 0.15) is 0 Å². The minimum Gasteiger partial charge on any atom is -0.313 e. The monoisotopic (exact) mass is 223 g/mol. The van der Waals surface area contributed by atoms with Crippen molar-refractivity contribution >= 4 is 11.3 Å². The summed E-state index contributed by atoms with van der Waals surface area (Å²) in [6.45, 7) is 5.82. The fraction of sp³-hybridized carbons (Fsp3) is 0.692. The highest BCUT2D eigenvalue weighted by Crippen LogP contribution is 2.25. The van der Waals surface area contributed by atoms with Crippen LogP contribution in [0.1, 0.15) is 44.6 Å². The summed E-state index contributed by atoms with van der Waals surface area (Å²) in [5.41, 5.74) is 1.48. The van der Waals surface area contributed by atoms with Crippen LogP contribution in [0.25, 0.3) is 0 Å². The standard InChI is InChI=1S/C13H21NS/c1-10-4-3-5-13(10)14-8-11(2)12-6-7-15-9-12/h6-7,9-11,13-14H,3-5,8H2,1-2H3. The van der Waals surface area contributed by atoms with Gasteiger partial charge in [-0.3, -0.25) is 0 Å².